The van der Waals surface area contributed by atoms with Gasteiger partial charge in [0.25, 0.3) is 5.56 Å². The van der Waals surface area contributed by atoms with Gasteiger partial charge in [0.2, 0.25) is 0 Å². The third kappa shape index (κ3) is 2.91. The number of hydrogen-bond donors (Lipinski definition) is 0. The number of rotatable bonds is 6. The molecule has 8 heteroatoms. The molecule has 0 saturated heterocycles. The summed E-state index contributed by atoms with van der Waals surface area (Å²) in [4.78, 5) is 28.5. The first-order valence-corrected chi connectivity index (χ1v) is 8.09. The summed E-state index contributed by atoms with van der Waals surface area (Å²) in [7, 11) is 3.13. The standard InChI is InChI=1S/C16H22N6O2/c1-12-9-18-22(10-12)8-6-4-5-7-21-11-17-14-13(21)15(23)20(3)16(24)19(14)2/h9-11H,4-8H2,1-3H3. The van der Waals surface area contributed by atoms with Gasteiger partial charge in [-0.15, -0.1) is 0 Å². The van der Waals surface area contributed by atoms with Gasteiger partial charge in [-0.05, 0) is 31.7 Å². The Balaban J connectivity index is 1.66. The minimum Gasteiger partial charge on any atom is -0.325 e. The highest BCUT2D eigenvalue weighted by atomic mass is 16.2. The van der Waals surface area contributed by atoms with Gasteiger partial charge >= 0.3 is 5.69 Å². The lowest BCUT2D eigenvalue weighted by Gasteiger charge is -2.07. The molecular weight excluding hydrogens is 308 g/mol. The highest BCUT2D eigenvalue weighted by Crippen LogP contribution is 2.08. The van der Waals surface area contributed by atoms with Crippen molar-refractivity contribution < 1.29 is 0 Å². The minimum absolute atomic E-state index is 0.294. The SMILES string of the molecule is Cc1cnn(CCCCCn2cnc3c2c(=O)n(C)c(=O)n3C)c1. The maximum absolute atomic E-state index is 12.3. The maximum Gasteiger partial charge on any atom is 0.332 e. The highest BCUT2D eigenvalue weighted by molar-refractivity contribution is 5.69. The van der Waals surface area contributed by atoms with Crippen molar-refractivity contribution >= 4 is 11.2 Å². The van der Waals surface area contributed by atoms with Gasteiger partial charge in [0.1, 0.15) is 0 Å². The summed E-state index contributed by atoms with van der Waals surface area (Å²) in [6, 6.07) is 0. The van der Waals surface area contributed by atoms with E-state index in [4.69, 9.17) is 0 Å². The van der Waals surface area contributed by atoms with Gasteiger partial charge in [-0.3, -0.25) is 18.6 Å². The molecule has 0 aliphatic rings. The molecule has 8 nitrogen and oxygen atoms in total. The van der Waals surface area contributed by atoms with Crippen LogP contribution in [0.15, 0.2) is 28.3 Å². The number of hydrogen-bond acceptors (Lipinski definition) is 4. The third-order valence-electron chi connectivity index (χ3n) is 4.27. The second-order valence-electron chi connectivity index (χ2n) is 6.16. The molecule has 3 aromatic rings. The second kappa shape index (κ2) is 6.46. The quantitative estimate of drug-likeness (QED) is 0.627. The van der Waals surface area contributed by atoms with Crippen LogP contribution in [0.1, 0.15) is 24.8 Å². The molecule has 0 saturated carbocycles. The Hall–Kier alpha value is -2.64. The van der Waals surface area contributed by atoms with Gasteiger partial charge in [-0.25, -0.2) is 9.78 Å². The van der Waals surface area contributed by atoms with Crippen LogP contribution in [0.4, 0.5) is 0 Å². The highest BCUT2D eigenvalue weighted by Gasteiger charge is 2.13. The van der Waals surface area contributed by atoms with E-state index in [1.165, 1.54) is 17.2 Å². The molecule has 0 aromatic carbocycles. The number of aromatic nitrogens is 6. The molecule has 0 radical (unpaired) electrons. The van der Waals surface area contributed by atoms with E-state index in [1.54, 1.807) is 13.4 Å². The first-order chi connectivity index (χ1) is 11.5. The fourth-order valence-electron chi connectivity index (χ4n) is 2.89. The van der Waals surface area contributed by atoms with Crippen LogP contribution in [-0.2, 0) is 27.2 Å². The average molecular weight is 330 g/mol. The van der Waals surface area contributed by atoms with Gasteiger partial charge in [-0.2, -0.15) is 5.10 Å². The lowest BCUT2D eigenvalue weighted by molar-refractivity contribution is 0.521. The fourth-order valence-corrected chi connectivity index (χ4v) is 2.89. The molecule has 0 unspecified atom stereocenters. The van der Waals surface area contributed by atoms with Crippen LogP contribution < -0.4 is 11.2 Å². The Morgan fingerprint density at radius 1 is 1.04 bits per heavy atom. The summed E-state index contributed by atoms with van der Waals surface area (Å²) in [5, 5.41) is 4.27. The molecule has 3 rings (SSSR count). The molecule has 0 amide bonds. The number of fused-ring (bicyclic) bond motifs is 1. The summed E-state index contributed by atoms with van der Waals surface area (Å²) < 4.78 is 6.33. The van der Waals surface area contributed by atoms with Crippen molar-refractivity contribution in [1.82, 2.24) is 28.5 Å². The van der Waals surface area contributed by atoms with Crippen molar-refractivity contribution in [2.24, 2.45) is 14.1 Å². The summed E-state index contributed by atoms with van der Waals surface area (Å²) >= 11 is 0. The van der Waals surface area contributed by atoms with Crippen molar-refractivity contribution in [1.29, 1.82) is 0 Å². The molecule has 0 atom stereocenters. The van der Waals surface area contributed by atoms with Crippen LogP contribution >= 0.6 is 0 Å². The molecule has 3 aromatic heterocycles. The summed E-state index contributed by atoms with van der Waals surface area (Å²) in [5.74, 6) is 0. The Bertz CT molecular complexity index is 975. The normalized spacial score (nSPS) is 11.5. The van der Waals surface area contributed by atoms with Crippen molar-refractivity contribution in [3.05, 3.63) is 45.1 Å². The van der Waals surface area contributed by atoms with E-state index in [0.29, 0.717) is 17.7 Å². The average Bonchev–Trinajstić information content (AvgIpc) is 3.17. The first-order valence-electron chi connectivity index (χ1n) is 8.09. The van der Waals surface area contributed by atoms with E-state index < -0.39 is 0 Å². The molecule has 24 heavy (non-hydrogen) atoms. The topological polar surface area (TPSA) is 79.6 Å². The van der Waals surface area contributed by atoms with E-state index in [9.17, 15) is 9.59 Å². The molecule has 0 fully saturated rings. The number of nitrogens with zero attached hydrogens (tertiary/aromatic N) is 6. The van der Waals surface area contributed by atoms with Gasteiger partial charge in [0.05, 0.1) is 12.5 Å². The van der Waals surface area contributed by atoms with Crippen LogP contribution in [-0.4, -0.2) is 28.5 Å². The molecule has 0 N–H and O–H groups in total. The molecular formula is C16H22N6O2. The Labute approximate surface area is 139 Å². The van der Waals surface area contributed by atoms with Crippen molar-refractivity contribution in [2.45, 2.75) is 39.3 Å². The van der Waals surface area contributed by atoms with Crippen molar-refractivity contribution in [3.63, 3.8) is 0 Å². The van der Waals surface area contributed by atoms with Crippen molar-refractivity contribution in [2.75, 3.05) is 0 Å². The largest absolute Gasteiger partial charge is 0.332 e. The Morgan fingerprint density at radius 3 is 2.50 bits per heavy atom. The van der Waals surface area contributed by atoms with Crippen LogP contribution in [0.2, 0.25) is 0 Å². The van der Waals surface area contributed by atoms with Gasteiger partial charge < -0.3 is 4.57 Å². The lowest BCUT2D eigenvalue weighted by Crippen LogP contribution is -2.37. The zero-order valence-corrected chi connectivity index (χ0v) is 14.3. The van der Waals surface area contributed by atoms with Crippen LogP contribution in [0.25, 0.3) is 11.2 Å². The zero-order chi connectivity index (χ0) is 17.3. The zero-order valence-electron chi connectivity index (χ0n) is 14.3. The molecule has 0 aliphatic heterocycles. The predicted octanol–water partition coefficient (Wildman–Crippen LogP) is 0.809. The Kier molecular flexibility index (Phi) is 4.37. The van der Waals surface area contributed by atoms with E-state index in [0.717, 1.165) is 30.4 Å². The van der Waals surface area contributed by atoms with Crippen molar-refractivity contribution in [3.8, 4) is 0 Å². The summed E-state index contributed by atoms with van der Waals surface area (Å²) in [6.07, 6.45) is 8.54. The number of aryl methyl sites for hydroxylation is 4. The van der Waals surface area contributed by atoms with E-state index in [2.05, 4.69) is 10.1 Å². The maximum atomic E-state index is 12.3. The number of unbranched alkanes of at least 4 members (excludes halogenated alkanes) is 2. The van der Waals surface area contributed by atoms with E-state index in [1.807, 2.05) is 28.6 Å². The number of imidazole rings is 1. The van der Waals surface area contributed by atoms with Gasteiger partial charge in [0, 0.05) is 33.4 Å². The molecule has 0 bridgehead atoms. The fraction of sp³-hybridized carbons (Fsp3) is 0.500. The summed E-state index contributed by atoms with van der Waals surface area (Å²) in [5.41, 5.74) is 1.45. The van der Waals surface area contributed by atoms with Crippen LogP contribution in [0.5, 0.6) is 0 Å². The van der Waals surface area contributed by atoms with Crippen LogP contribution in [0.3, 0.4) is 0 Å². The lowest BCUT2D eigenvalue weighted by atomic mass is 10.2. The van der Waals surface area contributed by atoms with Crippen LogP contribution in [0, 0.1) is 6.92 Å². The smallest absolute Gasteiger partial charge is 0.325 e. The Morgan fingerprint density at radius 2 is 1.79 bits per heavy atom. The predicted molar refractivity (Wildman–Crippen MR) is 91.0 cm³/mol. The van der Waals surface area contributed by atoms with E-state index >= 15 is 0 Å². The van der Waals surface area contributed by atoms with Gasteiger partial charge in [0.15, 0.2) is 11.2 Å². The van der Waals surface area contributed by atoms with Gasteiger partial charge in [-0.1, -0.05) is 0 Å². The summed E-state index contributed by atoms with van der Waals surface area (Å²) in [6.45, 7) is 3.64. The minimum atomic E-state index is -0.354. The monoisotopic (exact) mass is 330 g/mol. The first kappa shape index (κ1) is 16.2. The molecule has 0 spiro atoms. The second-order valence-corrected chi connectivity index (χ2v) is 6.16. The third-order valence-corrected chi connectivity index (χ3v) is 4.27. The molecule has 3 heterocycles. The molecule has 128 valence electrons. The molecule has 0 aliphatic carbocycles. The van der Waals surface area contributed by atoms with E-state index in [-0.39, 0.29) is 11.2 Å².